The topological polar surface area (TPSA) is 69.4 Å². The molecular weight excluding hydrogens is 294 g/mol. The number of carbonyl (C=O) groups is 1. The van der Waals surface area contributed by atoms with Crippen molar-refractivity contribution in [2.24, 2.45) is 0 Å². The van der Waals surface area contributed by atoms with Gasteiger partial charge in [0.2, 0.25) is 5.76 Å². The summed E-state index contributed by atoms with van der Waals surface area (Å²) in [6.45, 7) is 0. The molecule has 2 aromatic rings. The highest BCUT2D eigenvalue weighted by molar-refractivity contribution is 6.30. The zero-order chi connectivity index (χ0) is 15.0. The van der Waals surface area contributed by atoms with Crippen LogP contribution in [0, 0.1) is 10.1 Å². The maximum atomic E-state index is 11.8. The summed E-state index contributed by atoms with van der Waals surface area (Å²) in [5.74, 6) is -0.628. The Morgan fingerprint density at radius 3 is 2.29 bits per heavy atom. The van der Waals surface area contributed by atoms with Crippen molar-refractivity contribution in [1.29, 1.82) is 0 Å². The number of hydrogen-bond donors (Lipinski definition) is 0. The van der Waals surface area contributed by atoms with E-state index in [-0.39, 0.29) is 11.5 Å². The molecule has 0 saturated carbocycles. The highest BCUT2D eigenvalue weighted by Crippen LogP contribution is 2.36. The lowest BCUT2D eigenvalue weighted by atomic mass is 10.0. The fourth-order valence-electron chi connectivity index (χ4n) is 2.16. The predicted molar refractivity (Wildman–Crippen MR) is 77.1 cm³/mol. The third-order valence-electron chi connectivity index (χ3n) is 3.10. The van der Waals surface area contributed by atoms with Gasteiger partial charge >= 0.3 is 11.7 Å². The molecule has 0 bridgehead atoms. The monoisotopic (exact) mass is 301 g/mol. The van der Waals surface area contributed by atoms with Crippen molar-refractivity contribution in [3.63, 3.8) is 0 Å². The molecule has 0 amide bonds. The minimum atomic E-state index is -0.589. The van der Waals surface area contributed by atoms with E-state index < -0.39 is 10.9 Å². The second-order valence-corrected chi connectivity index (χ2v) is 4.81. The van der Waals surface area contributed by atoms with Crippen LogP contribution < -0.4 is 0 Å². The molecule has 1 aliphatic rings. The van der Waals surface area contributed by atoms with Gasteiger partial charge in [-0.1, -0.05) is 29.8 Å². The molecule has 0 fully saturated rings. The smallest absolute Gasteiger partial charge is 0.344 e. The molecule has 6 heteroatoms. The van der Waals surface area contributed by atoms with Crippen LogP contribution in [0.3, 0.4) is 0 Å². The zero-order valence-electron chi connectivity index (χ0n) is 10.6. The van der Waals surface area contributed by atoms with E-state index in [2.05, 4.69) is 0 Å². The third kappa shape index (κ3) is 2.28. The van der Waals surface area contributed by atoms with Crippen molar-refractivity contribution in [3.05, 3.63) is 80.4 Å². The van der Waals surface area contributed by atoms with Crippen LogP contribution in [0.4, 0.5) is 0 Å². The van der Waals surface area contributed by atoms with Gasteiger partial charge in [0.25, 0.3) is 0 Å². The summed E-state index contributed by atoms with van der Waals surface area (Å²) in [5.41, 5.74) is 0.804. The Morgan fingerprint density at radius 1 is 1.05 bits per heavy atom. The van der Waals surface area contributed by atoms with Gasteiger partial charge in [-0.3, -0.25) is 10.1 Å². The summed E-state index contributed by atoms with van der Waals surface area (Å²) in [6, 6.07) is 12.7. The molecule has 0 radical (unpaired) electrons. The number of fused-ring (bicyclic) bond motifs is 1. The first-order valence-electron chi connectivity index (χ1n) is 6.04. The highest BCUT2D eigenvalue weighted by Gasteiger charge is 2.34. The number of cyclic esters (lactones) is 1. The van der Waals surface area contributed by atoms with E-state index in [0.29, 0.717) is 21.7 Å². The van der Waals surface area contributed by atoms with Crippen molar-refractivity contribution in [2.75, 3.05) is 0 Å². The summed E-state index contributed by atoms with van der Waals surface area (Å²) in [5, 5.41) is 11.9. The van der Waals surface area contributed by atoms with Gasteiger partial charge in [0.15, 0.2) is 0 Å². The summed E-state index contributed by atoms with van der Waals surface area (Å²) in [7, 11) is 0. The number of nitrogens with zero attached hydrogens (tertiary/aromatic N) is 1. The van der Waals surface area contributed by atoms with Crippen LogP contribution in [0.25, 0.3) is 11.5 Å². The molecule has 0 aliphatic carbocycles. The van der Waals surface area contributed by atoms with Gasteiger partial charge in [0.05, 0.1) is 16.1 Å². The summed E-state index contributed by atoms with van der Waals surface area (Å²) >= 11 is 5.79. The first-order valence-corrected chi connectivity index (χ1v) is 6.42. The Hall–Kier alpha value is -2.66. The van der Waals surface area contributed by atoms with E-state index in [4.69, 9.17) is 16.3 Å². The molecule has 2 aromatic carbocycles. The second kappa shape index (κ2) is 5.03. The Morgan fingerprint density at radius 2 is 1.67 bits per heavy atom. The molecule has 5 nitrogen and oxygen atoms in total. The molecule has 0 spiro atoms. The van der Waals surface area contributed by atoms with Crippen molar-refractivity contribution in [2.45, 2.75) is 0 Å². The highest BCUT2D eigenvalue weighted by atomic mass is 35.5. The number of esters is 1. The average molecular weight is 302 g/mol. The lowest BCUT2D eigenvalue weighted by Crippen LogP contribution is -2.02. The number of rotatable bonds is 2. The largest absolute Gasteiger partial charge is 0.415 e. The minimum Gasteiger partial charge on any atom is -0.415 e. The molecule has 0 atom stereocenters. The minimum absolute atomic E-state index is 0.0390. The van der Waals surface area contributed by atoms with Crippen LogP contribution in [-0.2, 0) is 4.74 Å². The number of ether oxygens (including phenoxy) is 1. The van der Waals surface area contributed by atoms with Crippen molar-refractivity contribution in [3.8, 4) is 0 Å². The normalized spacial score (nSPS) is 15.4. The number of nitro groups is 1. The van der Waals surface area contributed by atoms with Gasteiger partial charge in [0, 0.05) is 10.6 Å². The molecule has 1 aliphatic heterocycles. The average Bonchev–Trinajstić information content (AvgIpc) is 2.79. The predicted octanol–water partition coefficient (Wildman–Crippen LogP) is 3.61. The van der Waals surface area contributed by atoms with Gasteiger partial charge in [0.1, 0.15) is 0 Å². The van der Waals surface area contributed by atoms with Crippen molar-refractivity contribution < 1.29 is 14.5 Å². The van der Waals surface area contributed by atoms with Crippen molar-refractivity contribution in [1.82, 2.24) is 0 Å². The molecular formula is C15H8ClNO4. The van der Waals surface area contributed by atoms with Gasteiger partial charge in [-0.2, -0.15) is 0 Å². The Kier molecular flexibility index (Phi) is 3.19. The lowest BCUT2D eigenvalue weighted by Gasteiger charge is -2.03. The van der Waals surface area contributed by atoms with E-state index in [1.807, 2.05) is 0 Å². The molecule has 0 saturated heterocycles. The molecule has 1 heterocycles. The fraction of sp³-hybridized carbons (Fsp3) is 0. The maximum absolute atomic E-state index is 11.8. The van der Waals surface area contributed by atoms with Gasteiger partial charge < -0.3 is 4.74 Å². The summed E-state index contributed by atoms with van der Waals surface area (Å²) in [4.78, 5) is 22.6. The quantitative estimate of drug-likeness (QED) is 0.482. The summed E-state index contributed by atoms with van der Waals surface area (Å²) in [6.07, 6.45) is 0. The van der Waals surface area contributed by atoms with E-state index >= 15 is 0 Å². The van der Waals surface area contributed by atoms with Crippen LogP contribution in [0.15, 0.2) is 48.5 Å². The third-order valence-corrected chi connectivity index (χ3v) is 3.35. The second-order valence-electron chi connectivity index (χ2n) is 4.38. The molecule has 104 valence electrons. The SMILES string of the molecule is O=C1OC(=C(c2ccc(Cl)cc2)[N+](=O)[O-])c2ccccc21. The van der Waals surface area contributed by atoms with Crippen LogP contribution >= 0.6 is 11.6 Å². The Balaban J connectivity index is 2.25. The molecule has 3 rings (SSSR count). The zero-order valence-corrected chi connectivity index (χ0v) is 11.3. The van der Waals surface area contributed by atoms with Gasteiger partial charge in [-0.25, -0.2) is 4.79 Å². The molecule has 21 heavy (non-hydrogen) atoms. The number of benzene rings is 2. The van der Waals surface area contributed by atoms with Crippen LogP contribution in [0.5, 0.6) is 0 Å². The van der Waals surface area contributed by atoms with E-state index in [1.165, 1.54) is 12.1 Å². The van der Waals surface area contributed by atoms with Crippen LogP contribution in [0.1, 0.15) is 21.5 Å². The summed E-state index contributed by atoms with van der Waals surface area (Å²) < 4.78 is 5.11. The lowest BCUT2D eigenvalue weighted by molar-refractivity contribution is -0.375. The van der Waals surface area contributed by atoms with E-state index in [0.717, 1.165) is 0 Å². The molecule has 0 unspecified atom stereocenters. The standard InChI is InChI=1S/C15H8ClNO4/c16-10-7-5-9(6-8-10)13(17(19)20)14-11-3-1-2-4-12(11)15(18)21-14/h1-8H. The Labute approximate surface area is 124 Å². The first-order chi connectivity index (χ1) is 10.1. The number of carbonyl (C=O) groups excluding carboxylic acids is 1. The molecule has 0 N–H and O–H groups in total. The van der Waals surface area contributed by atoms with Crippen LogP contribution in [-0.4, -0.2) is 10.9 Å². The van der Waals surface area contributed by atoms with Gasteiger partial charge in [-0.05, 0) is 30.3 Å². The van der Waals surface area contributed by atoms with Crippen molar-refractivity contribution >= 4 is 29.0 Å². The van der Waals surface area contributed by atoms with E-state index in [9.17, 15) is 14.9 Å². The Bertz CT molecular complexity index is 781. The van der Waals surface area contributed by atoms with Gasteiger partial charge in [-0.15, -0.1) is 0 Å². The van der Waals surface area contributed by atoms with E-state index in [1.54, 1.807) is 36.4 Å². The number of hydrogen-bond acceptors (Lipinski definition) is 4. The molecule has 0 aromatic heterocycles. The maximum Gasteiger partial charge on any atom is 0.344 e. The number of halogens is 1. The first kappa shape index (κ1) is 13.3. The van der Waals surface area contributed by atoms with Crippen LogP contribution in [0.2, 0.25) is 5.02 Å². The fourth-order valence-corrected chi connectivity index (χ4v) is 2.29.